The van der Waals surface area contributed by atoms with Crippen LogP contribution in [-0.4, -0.2) is 63.8 Å². The first kappa shape index (κ1) is 14.0. The fourth-order valence-electron chi connectivity index (χ4n) is 3.05. The number of anilines is 1. The lowest BCUT2D eigenvalue weighted by Crippen LogP contribution is -2.45. The van der Waals surface area contributed by atoms with E-state index in [1.165, 1.54) is 6.20 Å². The molecule has 3 heterocycles. The summed E-state index contributed by atoms with van der Waals surface area (Å²) in [6.07, 6.45) is 1.41. The van der Waals surface area contributed by atoms with Crippen molar-refractivity contribution in [3.05, 3.63) is 36.0 Å². The van der Waals surface area contributed by atoms with Crippen LogP contribution in [0.4, 0.5) is 5.82 Å². The molecule has 0 bridgehead atoms. The molecule has 0 radical (unpaired) electrons. The van der Waals surface area contributed by atoms with Gasteiger partial charge in [0, 0.05) is 26.2 Å². The van der Waals surface area contributed by atoms with Gasteiger partial charge >= 0.3 is 5.97 Å². The van der Waals surface area contributed by atoms with Gasteiger partial charge in [-0.05, 0) is 19.2 Å². The highest BCUT2D eigenvalue weighted by atomic mass is 16.4. The Morgan fingerprint density at radius 2 is 1.91 bits per heavy atom. The molecule has 2 aromatic heterocycles. The van der Waals surface area contributed by atoms with E-state index in [4.69, 9.17) is 4.98 Å². The number of hydrogen-bond donors (Lipinski definition) is 1. The van der Waals surface area contributed by atoms with Crippen LogP contribution in [0.25, 0.3) is 16.6 Å². The molecule has 1 fully saturated rings. The molecular weight excluding hydrogens is 294 g/mol. The van der Waals surface area contributed by atoms with Crippen molar-refractivity contribution in [3.8, 4) is 0 Å². The van der Waals surface area contributed by atoms with Crippen molar-refractivity contribution in [1.29, 1.82) is 0 Å². The van der Waals surface area contributed by atoms with E-state index in [1.54, 1.807) is 4.52 Å². The van der Waals surface area contributed by atoms with Crippen molar-refractivity contribution in [2.45, 2.75) is 0 Å². The van der Waals surface area contributed by atoms with Crippen molar-refractivity contribution in [3.63, 3.8) is 0 Å². The van der Waals surface area contributed by atoms with Crippen molar-refractivity contribution in [2.75, 3.05) is 38.1 Å². The minimum absolute atomic E-state index is 0.192. The number of piperazine rings is 1. The fraction of sp³-hybridized carbons (Fsp3) is 0.312. The Labute approximate surface area is 132 Å². The Hall–Kier alpha value is -2.67. The van der Waals surface area contributed by atoms with Crippen molar-refractivity contribution >= 4 is 28.3 Å². The predicted molar refractivity (Wildman–Crippen MR) is 87.2 cm³/mol. The zero-order valence-electron chi connectivity index (χ0n) is 12.8. The molecule has 23 heavy (non-hydrogen) atoms. The number of carbonyl (C=O) groups is 1. The van der Waals surface area contributed by atoms with Gasteiger partial charge in [0.1, 0.15) is 11.1 Å². The topological polar surface area (TPSA) is 74.0 Å². The van der Waals surface area contributed by atoms with Crippen LogP contribution < -0.4 is 4.90 Å². The van der Waals surface area contributed by atoms with E-state index < -0.39 is 5.97 Å². The first-order valence-corrected chi connectivity index (χ1v) is 7.58. The first-order chi connectivity index (χ1) is 11.1. The molecule has 7 heteroatoms. The van der Waals surface area contributed by atoms with E-state index in [0.717, 1.165) is 37.2 Å². The molecule has 0 spiro atoms. The summed E-state index contributed by atoms with van der Waals surface area (Å²) in [5, 5.41) is 13.8. The molecule has 0 unspecified atom stereocenters. The minimum Gasteiger partial charge on any atom is -0.478 e. The van der Waals surface area contributed by atoms with Crippen LogP contribution in [0, 0.1) is 0 Å². The van der Waals surface area contributed by atoms with E-state index in [0.29, 0.717) is 11.3 Å². The van der Waals surface area contributed by atoms with Crippen molar-refractivity contribution in [2.24, 2.45) is 0 Å². The van der Waals surface area contributed by atoms with Crippen LogP contribution in [0.1, 0.15) is 10.4 Å². The molecule has 0 atom stereocenters. The number of aromatic carboxylic acids is 1. The number of likely N-dealkylation sites (N-methyl/N-ethyl adjacent to an activating group) is 1. The van der Waals surface area contributed by atoms with Crippen molar-refractivity contribution in [1.82, 2.24) is 19.5 Å². The molecule has 0 amide bonds. The van der Waals surface area contributed by atoms with Crippen molar-refractivity contribution < 1.29 is 9.90 Å². The van der Waals surface area contributed by atoms with E-state index in [2.05, 4.69) is 21.9 Å². The summed E-state index contributed by atoms with van der Waals surface area (Å²) in [7, 11) is 2.09. The lowest BCUT2D eigenvalue weighted by Gasteiger charge is -2.33. The van der Waals surface area contributed by atoms with Crippen LogP contribution in [0.3, 0.4) is 0 Å². The fourth-order valence-corrected chi connectivity index (χ4v) is 3.05. The van der Waals surface area contributed by atoms with Gasteiger partial charge in [-0.15, -0.1) is 0 Å². The highest BCUT2D eigenvalue weighted by molar-refractivity contribution is 6.01. The van der Waals surface area contributed by atoms with E-state index in [1.807, 2.05) is 24.3 Å². The maximum atomic E-state index is 11.6. The lowest BCUT2D eigenvalue weighted by molar-refractivity contribution is 0.0699. The summed E-state index contributed by atoms with van der Waals surface area (Å²) in [6.45, 7) is 3.50. The molecular formula is C16H17N5O2. The van der Waals surface area contributed by atoms with Crippen LogP contribution in [0.2, 0.25) is 0 Å². The first-order valence-electron chi connectivity index (χ1n) is 7.58. The standard InChI is InChI=1S/C16H17N5O2/c1-19-6-8-20(9-7-19)15-14-11(16(22)23)10-17-21(14)13-5-3-2-4-12(13)18-15/h2-5,10H,6-9H2,1H3,(H,22,23). The lowest BCUT2D eigenvalue weighted by atomic mass is 10.2. The molecule has 7 nitrogen and oxygen atoms in total. The Morgan fingerprint density at radius 3 is 2.65 bits per heavy atom. The number of carboxylic acids is 1. The number of nitrogens with zero attached hydrogens (tertiary/aromatic N) is 5. The Balaban J connectivity index is 1.99. The summed E-state index contributed by atoms with van der Waals surface area (Å²) in [4.78, 5) is 20.7. The number of rotatable bonds is 2. The van der Waals surface area contributed by atoms with Gasteiger partial charge in [0.2, 0.25) is 0 Å². The number of aromatic nitrogens is 3. The third kappa shape index (κ3) is 2.20. The van der Waals surface area contributed by atoms with Gasteiger partial charge in [0.25, 0.3) is 0 Å². The number of hydrogen-bond acceptors (Lipinski definition) is 5. The van der Waals surface area contributed by atoms with Gasteiger partial charge in [-0.3, -0.25) is 0 Å². The maximum absolute atomic E-state index is 11.6. The molecule has 0 saturated carbocycles. The Bertz CT molecular complexity index is 896. The second-order valence-corrected chi connectivity index (χ2v) is 5.84. The molecule has 1 aliphatic heterocycles. The number of fused-ring (bicyclic) bond motifs is 3. The average Bonchev–Trinajstić information content (AvgIpc) is 3.00. The molecule has 3 aromatic rings. The van der Waals surface area contributed by atoms with Gasteiger partial charge in [-0.1, -0.05) is 12.1 Å². The van der Waals surface area contributed by atoms with Gasteiger partial charge in [-0.2, -0.15) is 5.10 Å². The second kappa shape index (κ2) is 5.20. The Morgan fingerprint density at radius 1 is 1.17 bits per heavy atom. The maximum Gasteiger partial charge on any atom is 0.339 e. The smallest absolute Gasteiger partial charge is 0.339 e. The van der Waals surface area contributed by atoms with Gasteiger partial charge < -0.3 is 14.9 Å². The minimum atomic E-state index is -0.979. The molecule has 1 aromatic carbocycles. The molecule has 1 saturated heterocycles. The molecule has 1 aliphatic rings. The average molecular weight is 311 g/mol. The zero-order valence-corrected chi connectivity index (χ0v) is 12.8. The molecule has 118 valence electrons. The summed E-state index contributed by atoms with van der Waals surface area (Å²) < 4.78 is 1.69. The summed E-state index contributed by atoms with van der Waals surface area (Å²) in [5.41, 5.74) is 2.39. The highest BCUT2D eigenvalue weighted by Crippen LogP contribution is 2.28. The normalized spacial score (nSPS) is 16.3. The molecule has 0 aliphatic carbocycles. The predicted octanol–water partition coefficient (Wildman–Crippen LogP) is 1.33. The van der Waals surface area contributed by atoms with Crippen LogP contribution in [-0.2, 0) is 0 Å². The van der Waals surface area contributed by atoms with E-state index in [-0.39, 0.29) is 5.56 Å². The quantitative estimate of drug-likeness (QED) is 0.770. The monoisotopic (exact) mass is 311 g/mol. The Kier molecular flexibility index (Phi) is 3.16. The zero-order chi connectivity index (χ0) is 16.0. The number of benzene rings is 1. The summed E-state index contributed by atoms with van der Waals surface area (Å²) in [6, 6.07) is 7.66. The van der Waals surface area contributed by atoms with Gasteiger partial charge in [-0.25, -0.2) is 14.3 Å². The number of para-hydroxylation sites is 2. The molecule has 4 rings (SSSR count). The summed E-state index contributed by atoms with van der Waals surface area (Å²) in [5.74, 6) is -0.279. The summed E-state index contributed by atoms with van der Waals surface area (Å²) >= 11 is 0. The second-order valence-electron chi connectivity index (χ2n) is 5.84. The van der Waals surface area contributed by atoms with E-state index in [9.17, 15) is 9.90 Å². The highest BCUT2D eigenvalue weighted by Gasteiger charge is 2.24. The third-order valence-corrected chi connectivity index (χ3v) is 4.35. The van der Waals surface area contributed by atoms with Gasteiger partial charge in [0.15, 0.2) is 5.82 Å². The molecule has 1 N–H and O–H groups in total. The SMILES string of the molecule is CN1CCN(c2nc3ccccc3n3ncc(C(=O)O)c23)CC1. The van der Waals surface area contributed by atoms with Gasteiger partial charge in [0.05, 0.1) is 17.2 Å². The third-order valence-electron chi connectivity index (χ3n) is 4.35. The van der Waals surface area contributed by atoms with Crippen LogP contribution in [0.5, 0.6) is 0 Å². The largest absolute Gasteiger partial charge is 0.478 e. The van der Waals surface area contributed by atoms with Crippen LogP contribution in [0.15, 0.2) is 30.5 Å². The van der Waals surface area contributed by atoms with Crippen LogP contribution >= 0.6 is 0 Å². The number of carboxylic acid groups (broad SMARTS) is 1. The van der Waals surface area contributed by atoms with E-state index >= 15 is 0 Å².